The molecular weight excluding hydrogens is 188 g/mol. The number of carbonyl (C=O) groups is 1. The molecule has 0 aromatic heterocycles. The third-order valence-electron chi connectivity index (χ3n) is 3.49. The van der Waals surface area contributed by atoms with Crippen LogP contribution in [0.5, 0.6) is 0 Å². The lowest BCUT2D eigenvalue weighted by atomic mass is 9.78. The molecule has 1 fully saturated rings. The van der Waals surface area contributed by atoms with Gasteiger partial charge in [-0.2, -0.15) is 0 Å². The summed E-state index contributed by atoms with van der Waals surface area (Å²) in [4.78, 5) is 11.6. The minimum absolute atomic E-state index is 0.0840. The van der Waals surface area contributed by atoms with Crippen molar-refractivity contribution in [1.29, 1.82) is 0 Å². The lowest BCUT2D eigenvalue weighted by molar-refractivity contribution is -0.122. The van der Waals surface area contributed by atoms with E-state index in [1.807, 2.05) is 0 Å². The van der Waals surface area contributed by atoms with Crippen molar-refractivity contribution in [2.45, 2.75) is 64.5 Å². The van der Waals surface area contributed by atoms with Gasteiger partial charge in [0, 0.05) is 11.1 Å². The van der Waals surface area contributed by atoms with E-state index in [0.29, 0.717) is 6.54 Å². The van der Waals surface area contributed by atoms with Crippen LogP contribution in [-0.4, -0.2) is 23.5 Å². The van der Waals surface area contributed by atoms with Crippen molar-refractivity contribution >= 4 is 5.91 Å². The van der Waals surface area contributed by atoms with E-state index in [9.17, 15) is 4.79 Å². The fourth-order valence-corrected chi connectivity index (χ4v) is 1.69. The fraction of sp³-hybridized carbons (Fsp3) is 0.917. The van der Waals surface area contributed by atoms with Gasteiger partial charge in [0.1, 0.15) is 0 Å². The molecule has 1 rings (SSSR count). The van der Waals surface area contributed by atoms with E-state index in [1.165, 1.54) is 19.3 Å². The molecular formula is C12H24N2O. The molecule has 1 aliphatic carbocycles. The normalized spacial score (nSPS) is 19.5. The van der Waals surface area contributed by atoms with Gasteiger partial charge in [0.15, 0.2) is 0 Å². The highest BCUT2D eigenvalue weighted by molar-refractivity contribution is 5.78. The summed E-state index contributed by atoms with van der Waals surface area (Å²) in [5, 5.41) is 6.36. The average molecular weight is 212 g/mol. The molecule has 1 amide bonds. The zero-order chi connectivity index (χ0) is 11.5. The molecule has 0 spiro atoms. The number of rotatable bonds is 5. The van der Waals surface area contributed by atoms with Gasteiger partial charge < -0.3 is 10.6 Å². The molecule has 0 bridgehead atoms. The maximum absolute atomic E-state index is 11.6. The second-order valence-electron chi connectivity index (χ2n) is 5.55. The highest BCUT2D eigenvalue weighted by atomic mass is 16.2. The highest BCUT2D eigenvalue weighted by Gasteiger charge is 2.31. The van der Waals surface area contributed by atoms with Crippen LogP contribution in [0.2, 0.25) is 0 Å². The molecule has 0 unspecified atom stereocenters. The van der Waals surface area contributed by atoms with Gasteiger partial charge in [0.2, 0.25) is 5.91 Å². The first-order valence-corrected chi connectivity index (χ1v) is 5.93. The van der Waals surface area contributed by atoms with Crippen LogP contribution in [0.3, 0.4) is 0 Å². The quantitative estimate of drug-likeness (QED) is 0.730. The molecule has 0 saturated heterocycles. The van der Waals surface area contributed by atoms with Crippen LogP contribution in [0.1, 0.15) is 53.4 Å². The van der Waals surface area contributed by atoms with Crippen molar-refractivity contribution in [1.82, 2.24) is 10.6 Å². The van der Waals surface area contributed by atoms with Crippen LogP contribution < -0.4 is 10.6 Å². The molecule has 1 aliphatic rings. The van der Waals surface area contributed by atoms with Gasteiger partial charge in [-0.05, 0) is 46.5 Å². The lowest BCUT2D eigenvalue weighted by Gasteiger charge is -2.39. The van der Waals surface area contributed by atoms with Gasteiger partial charge in [-0.25, -0.2) is 0 Å². The summed E-state index contributed by atoms with van der Waals surface area (Å²) in [7, 11) is 0. The van der Waals surface area contributed by atoms with Gasteiger partial charge in [-0.15, -0.1) is 0 Å². The maximum atomic E-state index is 11.6. The molecule has 0 aromatic rings. The van der Waals surface area contributed by atoms with E-state index in [2.05, 4.69) is 38.3 Å². The maximum Gasteiger partial charge on any atom is 0.234 e. The van der Waals surface area contributed by atoms with Crippen molar-refractivity contribution in [2.24, 2.45) is 0 Å². The Morgan fingerprint density at radius 2 is 2.00 bits per heavy atom. The van der Waals surface area contributed by atoms with E-state index >= 15 is 0 Å². The first kappa shape index (κ1) is 12.5. The zero-order valence-corrected chi connectivity index (χ0v) is 10.4. The van der Waals surface area contributed by atoms with Gasteiger partial charge in [-0.3, -0.25) is 4.79 Å². The summed E-state index contributed by atoms with van der Waals surface area (Å²) in [5.74, 6) is 0.106. The van der Waals surface area contributed by atoms with Gasteiger partial charge in [0.05, 0.1) is 6.54 Å². The van der Waals surface area contributed by atoms with Crippen molar-refractivity contribution in [2.75, 3.05) is 6.54 Å². The standard InChI is InChI=1S/C12H24N2O/c1-5-11(2,3)14-10(15)9-13-12(4)7-6-8-12/h13H,5-9H2,1-4H3,(H,14,15). The Bertz CT molecular complexity index is 232. The smallest absolute Gasteiger partial charge is 0.234 e. The van der Waals surface area contributed by atoms with Crippen LogP contribution in [0, 0.1) is 0 Å². The molecule has 0 atom stereocenters. The van der Waals surface area contributed by atoms with Crippen molar-refractivity contribution < 1.29 is 4.79 Å². The third kappa shape index (κ3) is 3.82. The topological polar surface area (TPSA) is 41.1 Å². The molecule has 15 heavy (non-hydrogen) atoms. The van der Waals surface area contributed by atoms with Crippen LogP contribution in [0.15, 0.2) is 0 Å². The second kappa shape index (κ2) is 4.52. The Labute approximate surface area is 93.0 Å². The summed E-state index contributed by atoms with van der Waals surface area (Å²) in [6, 6.07) is 0. The van der Waals surface area contributed by atoms with E-state index in [-0.39, 0.29) is 17.0 Å². The fourth-order valence-electron chi connectivity index (χ4n) is 1.69. The summed E-state index contributed by atoms with van der Waals surface area (Å²) in [6.45, 7) is 8.82. The summed E-state index contributed by atoms with van der Waals surface area (Å²) >= 11 is 0. The molecule has 0 heterocycles. The Morgan fingerprint density at radius 1 is 1.40 bits per heavy atom. The minimum atomic E-state index is -0.0840. The molecule has 0 aromatic carbocycles. The zero-order valence-electron chi connectivity index (χ0n) is 10.4. The van der Waals surface area contributed by atoms with Gasteiger partial charge >= 0.3 is 0 Å². The highest BCUT2D eigenvalue weighted by Crippen LogP contribution is 2.30. The van der Waals surface area contributed by atoms with E-state index < -0.39 is 0 Å². The van der Waals surface area contributed by atoms with Crippen LogP contribution in [0.4, 0.5) is 0 Å². The van der Waals surface area contributed by atoms with E-state index in [0.717, 1.165) is 6.42 Å². The first-order chi connectivity index (χ1) is 6.87. The Balaban J connectivity index is 2.24. The summed E-state index contributed by atoms with van der Waals surface area (Å²) in [5.41, 5.74) is 0.132. The minimum Gasteiger partial charge on any atom is -0.350 e. The molecule has 1 saturated carbocycles. The number of carbonyl (C=O) groups excluding carboxylic acids is 1. The van der Waals surface area contributed by atoms with Crippen LogP contribution >= 0.6 is 0 Å². The monoisotopic (exact) mass is 212 g/mol. The average Bonchev–Trinajstić information content (AvgIpc) is 2.11. The Hall–Kier alpha value is -0.570. The molecule has 2 N–H and O–H groups in total. The molecule has 88 valence electrons. The first-order valence-electron chi connectivity index (χ1n) is 5.93. The predicted molar refractivity (Wildman–Crippen MR) is 62.8 cm³/mol. The summed E-state index contributed by atoms with van der Waals surface area (Å²) < 4.78 is 0. The number of amides is 1. The molecule has 0 aliphatic heterocycles. The second-order valence-corrected chi connectivity index (χ2v) is 5.55. The van der Waals surface area contributed by atoms with Crippen molar-refractivity contribution in [3.8, 4) is 0 Å². The lowest BCUT2D eigenvalue weighted by Crippen LogP contribution is -2.54. The van der Waals surface area contributed by atoms with E-state index in [1.54, 1.807) is 0 Å². The SMILES string of the molecule is CCC(C)(C)NC(=O)CNC1(C)CCC1. The number of nitrogens with one attached hydrogen (secondary N) is 2. The predicted octanol–water partition coefficient (Wildman–Crippen LogP) is 1.82. The van der Waals surface area contributed by atoms with Crippen molar-refractivity contribution in [3.63, 3.8) is 0 Å². The molecule has 0 radical (unpaired) electrons. The molecule has 3 nitrogen and oxygen atoms in total. The van der Waals surface area contributed by atoms with Gasteiger partial charge in [-0.1, -0.05) is 6.92 Å². The summed E-state index contributed by atoms with van der Waals surface area (Å²) in [6.07, 6.45) is 4.62. The number of hydrogen-bond acceptors (Lipinski definition) is 2. The number of hydrogen-bond donors (Lipinski definition) is 2. The Morgan fingerprint density at radius 3 is 2.40 bits per heavy atom. The molecule has 3 heteroatoms. The van der Waals surface area contributed by atoms with Gasteiger partial charge in [0.25, 0.3) is 0 Å². The Kier molecular flexibility index (Phi) is 3.77. The van der Waals surface area contributed by atoms with Crippen LogP contribution in [0.25, 0.3) is 0 Å². The largest absolute Gasteiger partial charge is 0.350 e. The van der Waals surface area contributed by atoms with E-state index in [4.69, 9.17) is 0 Å². The van der Waals surface area contributed by atoms with Crippen molar-refractivity contribution in [3.05, 3.63) is 0 Å². The third-order valence-corrected chi connectivity index (χ3v) is 3.49. The van der Waals surface area contributed by atoms with Crippen LogP contribution in [-0.2, 0) is 4.79 Å².